The largest absolute Gasteiger partial charge is 0.478 e. The standard InChI is InChI=1S/C17H28O4/c1-12(9-11-17(20)21)8-10-16(19)14(3)7-5-6-13(2)15(4)18/h7-9,11,13,15-16,18-19H,5-6,10H2,1-4H3,(H,20,21)/b11-9+,12-8+,14-7+/t13-,15+,16-/m0/s1. The summed E-state index contributed by atoms with van der Waals surface area (Å²) in [5.74, 6) is -0.735. The van der Waals surface area contributed by atoms with Crippen molar-refractivity contribution in [1.82, 2.24) is 0 Å². The van der Waals surface area contributed by atoms with Crippen LogP contribution in [0.3, 0.4) is 0 Å². The molecule has 4 nitrogen and oxygen atoms in total. The second-order valence-corrected chi connectivity index (χ2v) is 5.61. The molecule has 0 bridgehead atoms. The summed E-state index contributed by atoms with van der Waals surface area (Å²) in [4.78, 5) is 10.4. The van der Waals surface area contributed by atoms with Crippen LogP contribution in [0.5, 0.6) is 0 Å². The van der Waals surface area contributed by atoms with Gasteiger partial charge in [0.25, 0.3) is 0 Å². The molecule has 0 aromatic heterocycles. The lowest BCUT2D eigenvalue weighted by atomic mass is 9.98. The number of carbonyl (C=O) groups is 1. The highest BCUT2D eigenvalue weighted by atomic mass is 16.4. The zero-order chi connectivity index (χ0) is 16.4. The Balaban J connectivity index is 4.29. The van der Waals surface area contributed by atoms with Crippen molar-refractivity contribution in [1.29, 1.82) is 0 Å². The number of carboxylic acid groups (broad SMARTS) is 1. The van der Waals surface area contributed by atoms with Gasteiger partial charge in [0.15, 0.2) is 0 Å². The van der Waals surface area contributed by atoms with Crippen molar-refractivity contribution in [3.8, 4) is 0 Å². The Hall–Kier alpha value is -1.39. The fourth-order valence-corrected chi connectivity index (χ4v) is 1.71. The number of aliphatic hydroxyl groups excluding tert-OH is 2. The Morgan fingerprint density at radius 2 is 1.71 bits per heavy atom. The third-order valence-electron chi connectivity index (χ3n) is 3.59. The molecule has 0 aliphatic heterocycles. The van der Waals surface area contributed by atoms with Gasteiger partial charge in [-0.3, -0.25) is 0 Å². The molecule has 0 radical (unpaired) electrons. The van der Waals surface area contributed by atoms with Gasteiger partial charge < -0.3 is 15.3 Å². The lowest BCUT2D eigenvalue weighted by molar-refractivity contribution is -0.131. The van der Waals surface area contributed by atoms with Crippen molar-refractivity contribution in [2.24, 2.45) is 5.92 Å². The maximum absolute atomic E-state index is 10.4. The van der Waals surface area contributed by atoms with Crippen LogP contribution in [0.15, 0.2) is 35.5 Å². The zero-order valence-corrected chi connectivity index (χ0v) is 13.4. The van der Waals surface area contributed by atoms with Crippen molar-refractivity contribution >= 4 is 5.97 Å². The van der Waals surface area contributed by atoms with Crippen LogP contribution in [0.4, 0.5) is 0 Å². The zero-order valence-electron chi connectivity index (χ0n) is 13.4. The van der Waals surface area contributed by atoms with E-state index >= 15 is 0 Å². The quantitative estimate of drug-likeness (QED) is 0.347. The minimum Gasteiger partial charge on any atom is -0.478 e. The lowest BCUT2D eigenvalue weighted by Crippen LogP contribution is -2.12. The van der Waals surface area contributed by atoms with Gasteiger partial charge in [0.1, 0.15) is 0 Å². The van der Waals surface area contributed by atoms with Crippen molar-refractivity contribution in [2.75, 3.05) is 0 Å². The molecule has 0 saturated heterocycles. The topological polar surface area (TPSA) is 77.8 Å². The van der Waals surface area contributed by atoms with Crippen LogP contribution in [0.2, 0.25) is 0 Å². The predicted octanol–water partition coefficient (Wildman–Crippen LogP) is 3.07. The highest BCUT2D eigenvalue weighted by Gasteiger charge is 2.08. The first-order valence-electron chi connectivity index (χ1n) is 7.34. The van der Waals surface area contributed by atoms with Gasteiger partial charge in [-0.1, -0.05) is 30.7 Å². The molecule has 0 fully saturated rings. The normalized spacial score (nSPS) is 17.8. The third kappa shape index (κ3) is 10.0. The highest BCUT2D eigenvalue weighted by Crippen LogP contribution is 2.14. The van der Waals surface area contributed by atoms with Crippen LogP contribution in [-0.2, 0) is 4.79 Å². The molecule has 4 heteroatoms. The minimum absolute atomic E-state index is 0.245. The van der Waals surface area contributed by atoms with Crippen LogP contribution in [-0.4, -0.2) is 33.5 Å². The molecule has 3 N–H and O–H groups in total. The average molecular weight is 296 g/mol. The summed E-state index contributed by atoms with van der Waals surface area (Å²) in [5, 5.41) is 27.9. The molecule has 0 heterocycles. The molecule has 0 aliphatic rings. The van der Waals surface area contributed by atoms with Crippen LogP contribution in [0, 0.1) is 5.92 Å². The molecule has 0 amide bonds. The average Bonchev–Trinajstić information content (AvgIpc) is 2.41. The van der Waals surface area contributed by atoms with Crippen LogP contribution >= 0.6 is 0 Å². The van der Waals surface area contributed by atoms with E-state index in [1.54, 1.807) is 13.8 Å². The Kier molecular flexibility index (Phi) is 9.67. The monoisotopic (exact) mass is 296 g/mol. The van der Waals surface area contributed by atoms with Gasteiger partial charge in [0.2, 0.25) is 0 Å². The summed E-state index contributed by atoms with van der Waals surface area (Å²) in [7, 11) is 0. The first kappa shape index (κ1) is 19.6. The fraction of sp³-hybridized carbons (Fsp3) is 0.588. The number of aliphatic hydroxyl groups is 2. The van der Waals surface area contributed by atoms with Gasteiger partial charge in [0.05, 0.1) is 12.2 Å². The number of aliphatic carboxylic acids is 1. The molecule has 0 unspecified atom stereocenters. The number of hydrogen-bond donors (Lipinski definition) is 3. The molecule has 0 aromatic carbocycles. The first-order chi connectivity index (χ1) is 9.73. The lowest BCUT2D eigenvalue weighted by Gasteiger charge is -2.14. The number of allylic oxidation sites excluding steroid dienone is 3. The molecule has 0 spiro atoms. The molecule has 0 aromatic rings. The van der Waals surface area contributed by atoms with Crippen LogP contribution < -0.4 is 0 Å². The smallest absolute Gasteiger partial charge is 0.328 e. The molecule has 120 valence electrons. The summed E-state index contributed by atoms with van der Waals surface area (Å²) in [6.45, 7) is 7.48. The summed E-state index contributed by atoms with van der Waals surface area (Å²) >= 11 is 0. The van der Waals surface area contributed by atoms with Gasteiger partial charge in [-0.25, -0.2) is 4.79 Å². The van der Waals surface area contributed by atoms with Crippen molar-refractivity contribution in [3.63, 3.8) is 0 Å². The molecule has 3 atom stereocenters. The summed E-state index contributed by atoms with van der Waals surface area (Å²) in [6.07, 6.45) is 7.73. The second-order valence-electron chi connectivity index (χ2n) is 5.61. The van der Waals surface area contributed by atoms with Gasteiger partial charge >= 0.3 is 5.97 Å². The number of hydrogen-bond acceptors (Lipinski definition) is 3. The third-order valence-corrected chi connectivity index (χ3v) is 3.59. The predicted molar refractivity (Wildman–Crippen MR) is 85.0 cm³/mol. The van der Waals surface area contributed by atoms with Crippen molar-refractivity contribution in [3.05, 3.63) is 35.5 Å². The fourth-order valence-electron chi connectivity index (χ4n) is 1.71. The van der Waals surface area contributed by atoms with E-state index in [1.807, 2.05) is 26.0 Å². The van der Waals surface area contributed by atoms with E-state index in [-0.39, 0.29) is 12.0 Å². The number of rotatable bonds is 9. The maximum Gasteiger partial charge on any atom is 0.328 e. The number of carboxylic acids is 1. The molecule has 21 heavy (non-hydrogen) atoms. The van der Waals surface area contributed by atoms with Gasteiger partial charge in [0, 0.05) is 6.08 Å². The summed E-state index contributed by atoms with van der Waals surface area (Å²) in [5.41, 5.74) is 1.71. The first-order valence-corrected chi connectivity index (χ1v) is 7.34. The molecule has 0 rings (SSSR count). The van der Waals surface area contributed by atoms with E-state index in [0.29, 0.717) is 6.42 Å². The van der Waals surface area contributed by atoms with Crippen molar-refractivity contribution < 1.29 is 20.1 Å². The van der Waals surface area contributed by atoms with Gasteiger partial charge in [-0.05, 0) is 51.5 Å². The second kappa shape index (κ2) is 10.4. The summed E-state index contributed by atoms with van der Waals surface area (Å²) < 4.78 is 0. The Morgan fingerprint density at radius 1 is 1.10 bits per heavy atom. The Labute approximate surface area is 127 Å². The SMILES string of the molecule is CC(/C=C/C(=O)O)=C\C[C@H](O)/C(C)=C/CC[C@H](C)[C@@H](C)O. The highest BCUT2D eigenvalue weighted by molar-refractivity contribution is 5.80. The van der Waals surface area contributed by atoms with Crippen LogP contribution in [0.1, 0.15) is 47.0 Å². The van der Waals surface area contributed by atoms with Gasteiger partial charge in [-0.2, -0.15) is 0 Å². The van der Waals surface area contributed by atoms with E-state index in [0.717, 1.165) is 30.1 Å². The molecule has 0 saturated carbocycles. The van der Waals surface area contributed by atoms with E-state index < -0.39 is 12.1 Å². The Morgan fingerprint density at radius 3 is 2.24 bits per heavy atom. The van der Waals surface area contributed by atoms with Crippen molar-refractivity contribution in [2.45, 2.75) is 59.2 Å². The summed E-state index contributed by atoms with van der Waals surface area (Å²) in [6, 6.07) is 0. The van der Waals surface area contributed by atoms with E-state index in [2.05, 4.69) is 0 Å². The van der Waals surface area contributed by atoms with E-state index in [4.69, 9.17) is 5.11 Å². The van der Waals surface area contributed by atoms with Gasteiger partial charge in [-0.15, -0.1) is 0 Å². The minimum atomic E-state index is -0.980. The van der Waals surface area contributed by atoms with Crippen LogP contribution in [0.25, 0.3) is 0 Å². The molecular formula is C17H28O4. The van der Waals surface area contributed by atoms with E-state index in [9.17, 15) is 15.0 Å². The molecular weight excluding hydrogens is 268 g/mol. The van der Waals surface area contributed by atoms with E-state index in [1.165, 1.54) is 6.08 Å². The molecule has 0 aliphatic carbocycles. The maximum atomic E-state index is 10.4. The Bertz CT molecular complexity index is 405.